The zero-order valence-corrected chi connectivity index (χ0v) is 24.5. The molecular weight excluding hydrogens is 725 g/mol. The second-order valence-corrected chi connectivity index (χ2v) is 8.74. The molecule has 0 fully saturated rings. The molecule has 0 radical (unpaired) electrons. The summed E-state index contributed by atoms with van der Waals surface area (Å²) in [7, 11) is 0. The molecular formula is C6H12N6S12W. The van der Waals surface area contributed by atoms with Crippen molar-refractivity contribution in [3.05, 3.63) is 0 Å². The fourth-order valence-electron chi connectivity index (χ4n) is 0. The van der Waals surface area contributed by atoms with Crippen LogP contribution in [0.15, 0.2) is 0 Å². The maximum atomic E-state index is 4.66. The Labute approximate surface area is 227 Å². The molecule has 0 unspecified atom stereocenters. The summed E-state index contributed by atoms with van der Waals surface area (Å²) in [6.45, 7) is 0. The summed E-state index contributed by atoms with van der Waals surface area (Å²) in [5.41, 5.74) is 27.9. The number of nitrogens with two attached hydrogens (primary N) is 6. The molecule has 0 saturated heterocycles. The van der Waals surface area contributed by atoms with Gasteiger partial charge < -0.3 is 183 Å². The molecule has 144 valence electrons. The van der Waals surface area contributed by atoms with E-state index in [2.05, 4.69) is 183 Å². The molecule has 0 aliphatic heterocycles. The molecule has 0 amide bonds. The van der Waals surface area contributed by atoms with Crippen LogP contribution >= 0.6 is 73.3 Å². The van der Waals surface area contributed by atoms with E-state index in [1.165, 1.54) is 0 Å². The maximum absolute atomic E-state index is 4.66. The van der Waals surface area contributed by atoms with Gasteiger partial charge in [0.2, 0.25) is 0 Å². The molecule has 0 aromatic carbocycles. The largest absolute Gasteiger partial charge is 6.00 e. The van der Waals surface area contributed by atoms with E-state index in [4.69, 9.17) is 0 Å². The minimum Gasteiger partial charge on any atom is -0.415 e. The van der Waals surface area contributed by atoms with Crippen LogP contribution in [0, 0.1) is 0 Å². The van der Waals surface area contributed by atoms with E-state index in [9.17, 15) is 0 Å². The second kappa shape index (κ2) is 40.1. The Kier molecular flexibility index (Phi) is 72.6. The molecule has 12 N–H and O–H groups in total. The molecule has 0 aromatic rings. The van der Waals surface area contributed by atoms with Crippen LogP contribution in [0.25, 0.3) is 0 Å². The van der Waals surface area contributed by atoms with Crippen LogP contribution in [0.2, 0.25) is 0 Å². The van der Waals surface area contributed by atoms with Gasteiger partial charge in [-0.15, -0.1) is 0 Å². The second-order valence-electron chi connectivity index (χ2n) is 1.91. The van der Waals surface area contributed by atoms with E-state index in [0.717, 1.165) is 0 Å². The summed E-state index contributed by atoms with van der Waals surface area (Å²) in [6.07, 6.45) is 0. The third-order valence-electron chi connectivity index (χ3n) is 0. The predicted molar refractivity (Wildman–Crippen MR) is 145 cm³/mol. The van der Waals surface area contributed by atoms with Crippen LogP contribution < -0.4 is 34.4 Å². The smallest absolute Gasteiger partial charge is 0.415 e. The summed E-state index contributed by atoms with van der Waals surface area (Å²) in [6, 6.07) is 0. The summed E-state index contributed by atoms with van der Waals surface area (Å²) >= 11 is 49.6. The average molecular weight is 737 g/mol. The van der Waals surface area contributed by atoms with Crippen molar-refractivity contribution in [1.29, 1.82) is 0 Å². The van der Waals surface area contributed by atoms with Gasteiger partial charge in [-0.2, -0.15) is 0 Å². The van der Waals surface area contributed by atoms with Gasteiger partial charge in [-0.1, -0.05) is 25.9 Å². The molecule has 0 bridgehead atoms. The van der Waals surface area contributed by atoms with Crippen LogP contribution in [0.5, 0.6) is 0 Å². The van der Waals surface area contributed by atoms with Crippen molar-refractivity contribution in [2.24, 2.45) is 34.4 Å². The normalized spacial score (nSPS) is 5.76. The first-order chi connectivity index (χ1) is 10.4. The van der Waals surface area contributed by atoms with Crippen LogP contribution in [-0.4, -0.2) is 25.9 Å². The van der Waals surface area contributed by atoms with Crippen molar-refractivity contribution in [3.8, 4) is 0 Å². The predicted octanol–water partition coefficient (Wildman–Crippen LogP) is -1.34. The van der Waals surface area contributed by atoms with Gasteiger partial charge in [-0.3, -0.25) is 0 Å². The molecule has 0 saturated carbocycles. The number of rotatable bonds is 0. The van der Waals surface area contributed by atoms with Crippen molar-refractivity contribution in [3.63, 3.8) is 0 Å². The van der Waals surface area contributed by atoms with Gasteiger partial charge in [0, 0.05) is 0 Å². The number of hydrogen-bond acceptors (Lipinski definition) is 12. The Bertz CT molecular complexity index is 273. The van der Waals surface area contributed by atoms with E-state index < -0.39 is 0 Å². The van der Waals surface area contributed by atoms with E-state index in [1.807, 2.05) is 0 Å². The van der Waals surface area contributed by atoms with Gasteiger partial charge in [-0.25, -0.2) is 0 Å². The summed E-state index contributed by atoms with van der Waals surface area (Å²) < 4.78 is 0.500. The van der Waals surface area contributed by atoms with Crippen LogP contribution in [0.1, 0.15) is 0 Å². The third-order valence-corrected chi connectivity index (χ3v) is 0. The zero-order valence-electron chi connectivity index (χ0n) is 11.8. The van der Waals surface area contributed by atoms with Gasteiger partial charge in [0.1, 0.15) is 0 Å². The van der Waals surface area contributed by atoms with Crippen molar-refractivity contribution in [1.82, 2.24) is 0 Å². The van der Waals surface area contributed by atoms with Crippen LogP contribution in [0.4, 0.5) is 0 Å². The van der Waals surface area contributed by atoms with Gasteiger partial charge in [0.25, 0.3) is 0 Å². The average Bonchev–Trinajstić information content (AvgIpc) is 2.08. The first-order valence-electron chi connectivity index (χ1n) is 4.18. The fraction of sp³-hybridized carbons (Fsp3) is 0. The van der Waals surface area contributed by atoms with E-state index in [-0.39, 0.29) is 47.0 Å². The molecule has 0 rings (SSSR count). The fourth-order valence-corrected chi connectivity index (χ4v) is 0. The molecule has 0 atom stereocenters. The number of hydrogen-bond donors (Lipinski definition) is 6. The molecule has 6 nitrogen and oxygen atoms in total. The van der Waals surface area contributed by atoms with Crippen molar-refractivity contribution in [2.75, 3.05) is 0 Å². The molecule has 0 aliphatic rings. The topological polar surface area (TPSA) is 156 Å². The van der Waals surface area contributed by atoms with E-state index in [1.54, 1.807) is 0 Å². The Morgan fingerprint density at radius 1 is 0.360 bits per heavy atom. The van der Waals surface area contributed by atoms with Gasteiger partial charge in [0.15, 0.2) is 0 Å². The molecule has 19 heteroatoms. The Balaban J connectivity index is -0.0000000309. The maximum Gasteiger partial charge on any atom is 6.00 e. The quantitative estimate of drug-likeness (QED) is 0.128. The van der Waals surface area contributed by atoms with Gasteiger partial charge in [0.05, 0.1) is 0 Å². The zero-order chi connectivity index (χ0) is 21.5. The number of thiocarbonyl (C=S) groups is 6. The first kappa shape index (κ1) is 45.2. The van der Waals surface area contributed by atoms with Crippen molar-refractivity contribution < 1.29 is 21.1 Å². The third kappa shape index (κ3) is 7600. The monoisotopic (exact) mass is 736 g/mol. The van der Waals surface area contributed by atoms with Crippen molar-refractivity contribution in [2.45, 2.75) is 0 Å². The van der Waals surface area contributed by atoms with Gasteiger partial charge in [-0.05, 0) is 0 Å². The molecule has 0 aliphatic carbocycles. The van der Waals surface area contributed by atoms with Crippen LogP contribution in [0.3, 0.4) is 0 Å². The van der Waals surface area contributed by atoms with Gasteiger partial charge >= 0.3 is 21.1 Å². The van der Waals surface area contributed by atoms with E-state index >= 15 is 0 Å². The summed E-state index contributed by atoms with van der Waals surface area (Å²) in [5, 5.41) is 0. The Morgan fingerprint density at radius 2 is 0.360 bits per heavy atom. The molecule has 0 spiro atoms. The first-order valence-corrected chi connectivity index (χ1v) is 9.08. The Hall–Kier alpha value is 1.35. The standard InChI is InChI=1S/6CH3NS2.W/c6*2-1(3)4;/h6*(H3,2,3,4);/q;;;;;;+6/p-6. The molecule has 25 heavy (non-hydrogen) atoms. The minimum absolute atomic E-state index is 0. The van der Waals surface area contributed by atoms with E-state index in [0.29, 0.717) is 0 Å². The molecule has 0 heterocycles. The Morgan fingerprint density at radius 3 is 0.360 bits per heavy atom. The summed E-state index contributed by atoms with van der Waals surface area (Å²) in [4.78, 5) is 0. The summed E-state index contributed by atoms with van der Waals surface area (Å²) in [5.74, 6) is 0. The van der Waals surface area contributed by atoms with Crippen LogP contribution in [-0.2, 0) is 96.8 Å². The molecule has 0 aromatic heterocycles. The minimum atomic E-state index is 0. The SMILES string of the molecule is NC(=S)[S-].NC(=S)[S-].NC(=S)[S-].NC(=S)[S-].NC(=S)[S-].NC(=S)[S-].[W+6]. The van der Waals surface area contributed by atoms with Crippen molar-refractivity contribution >= 4 is 175 Å².